The number of aryl methyl sites for hydroxylation is 3. The summed E-state index contributed by atoms with van der Waals surface area (Å²) in [5.41, 5.74) is 6.52. The Balaban J connectivity index is 2.01. The van der Waals surface area contributed by atoms with Crippen LogP contribution in [0.15, 0.2) is 41.2 Å². The van der Waals surface area contributed by atoms with Gasteiger partial charge in [-0.05, 0) is 54.0 Å². The van der Waals surface area contributed by atoms with Gasteiger partial charge in [-0.25, -0.2) is 0 Å². The molecule has 0 atom stereocenters. The minimum absolute atomic E-state index is 0.000576. The Morgan fingerprint density at radius 2 is 2.00 bits per heavy atom. The van der Waals surface area contributed by atoms with Gasteiger partial charge in [0.25, 0.3) is 5.56 Å². The van der Waals surface area contributed by atoms with E-state index in [1.54, 1.807) is 14.2 Å². The van der Waals surface area contributed by atoms with Crippen molar-refractivity contribution < 1.29 is 9.53 Å². The van der Waals surface area contributed by atoms with Crippen LogP contribution in [0.4, 0.5) is 0 Å². The molecule has 0 saturated carbocycles. The highest BCUT2D eigenvalue weighted by molar-refractivity contribution is 5.92. The van der Waals surface area contributed by atoms with E-state index in [0.29, 0.717) is 26.0 Å². The highest BCUT2D eigenvalue weighted by Gasteiger charge is 2.24. The second kappa shape index (κ2) is 7.84. The normalized spacial score (nSPS) is 12.5. The zero-order valence-electron chi connectivity index (χ0n) is 17.2. The summed E-state index contributed by atoms with van der Waals surface area (Å²) in [7, 11) is 3.34. The number of methoxy groups -OCH3 is 1. The molecule has 0 radical (unpaired) electrons. The van der Waals surface area contributed by atoms with Crippen LogP contribution in [0.25, 0.3) is 22.0 Å². The Bertz CT molecular complexity index is 1160. The van der Waals surface area contributed by atoms with Crippen molar-refractivity contribution in [3.05, 3.63) is 69.0 Å². The fourth-order valence-corrected chi connectivity index (χ4v) is 4.32. The van der Waals surface area contributed by atoms with Gasteiger partial charge in [-0.2, -0.15) is 0 Å². The van der Waals surface area contributed by atoms with Gasteiger partial charge in [-0.15, -0.1) is 0 Å². The number of hydrogen-bond acceptors (Lipinski definition) is 3. The van der Waals surface area contributed by atoms with Gasteiger partial charge < -0.3 is 14.6 Å². The summed E-state index contributed by atoms with van der Waals surface area (Å²) in [5, 5.41) is 4.38. The van der Waals surface area contributed by atoms with Gasteiger partial charge in [-0.1, -0.05) is 29.8 Å². The SMILES string of the molecule is CNC(=O)CCc1c2n(c(=O)c3cc(C)ccc13)CCc1ccc(COC)cc1-2. The number of carbonyl (C=O) groups is 1. The lowest BCUT2D eigenvalue weighted by atomic mass is 9.88. The van der Waals surface area contributed by atoms with Gasteiger partial charge >= 0.3 is 0 Å². The lowest BCUT2D eigenvalue weighted by Crippen LogP contribution is -2.28. The molecule has 0 unspecified atom stereocenters. The Morgan fingerprint density at radius 1 is 1.17 bits per heavy atom. The van der Waals surface area contributed by atoms with Crippen molar-refractivity contribution >= 4 is 16.7 Å². The van der Waals surface area contributed by atoms with Crippen molar-refractivity contribution in [2.45, 2.75) is 39.3 Å². The van der Waals surface area contributed by atoms with Crippen molar-refractivity contribution in [2.24, 2.45) is 0 Å². The molecule has 5 heteroatoms. The lowest BCUT2D eigenvalue weighted by Gasteiger charge is -2.26. The predicted molar refractivity (Wildman–Crippen MR) is 115 cm³/mol. The van der Waals surface area contributed by atoms with Crippen molar-refractivity contribution in [1.29, 1.82) is 0 Å². The molecule has 1 aliphatic rings. The van der Waals surface area contributed by atoms with E-state index in [-0.39, 0.29) is 11.5 Å². The zero-order chi connectivity index (χ0) is 20.5. The van der Waals surface area contributed by atoms with E-state index in [9.17, 15) is 9.59 Å². The van der Waals surface area contributed by atoms with Crippen molar-refractivity contribution in [3.8, 4) is 11.3 Å². The summed E-state index contributed by atoms with van der Waals surface area (Å²) in [6, 6.07) is 12.4. The van der Waals surface area contributed by atoms with E-state index >= 15 is 0 Å². The fourth-order valence-electron chi connectivity index (χ4n) is 4.32. The highest BCUT2D eigenvalue weighted by Crippen LogP contribution is 2.36. The first-order valence-corrected chi connectivity index (χ1v) is 10.0. The van der Waals surface area contributed by atoms with Gasteiger partial charge in [-0.3, -0.25) is 9.59 Å². The van der Waals surface area contributed by atoms with Crippen LogP contribution in [0, 0.1) is 6.92 Å². The van der Waals surface area contributed by atoms with Gasteiger partial charge in [0.05, 0.1) is 12.3 Å². The smallest absolute Gasteiger partial charge is 0.258 e. The van der Waals surface area contributed by atoms with E-state index in [0.717, 1.165) is 45.1 Å². The van der Waals surface area contributed by atoms with Crippen LogP contribution in [-0.4, -0.2) is 24.6 Å². The van der Waals surface area contributed by atoms with E-state index in [4.69, 9.17) is 4.74 Å². The quantitative estimate of drug-likeness (QED) is 0.727. The number of amides is 1. The lowest BCUT2D eigenvalue weighted by molar-refractivity contribution is -0.120. The van der Waals surface area contributed by atoms with Crippen LogP contribution in [0.2, 0.25) is 0 Å². The third-order valence-corrected chi connectivity index (χ3v) is 5.76. The first kappa shape index (κ1) is 19.4. The van der Waals surface area contributed by atoms with E-state index in [1.165, 1.54) is 5.56 Å². The maximum atomic E-state index is 13.4. The number of aromatic nitrogens is 1. The Labute approximate surface area is 170 Å². The first-order valence-electron chi connectivity index (χ1n) is 10.0. The molecule has 3 aromatic rings. The Hall–Kier alpha value is -2.92. The molecule has 2 aromatic carbocycles. The molecule has 5 nitrogen and oxygen atoms in total. The molecule has 4 rings (SSSR count). The second-order valence-electron chi connectivity index (χ2n) is 7.68. The molecule has 0 spiro atoms. The monoisotopic (exact) mass is 390 g/mol. The largest absolute Gasteiger partial charge is 0.380 e. The van der Waals surface area contributed by atoms with Gasteiger partial charge in [0.2, 0.25) is 5.91 Å². The number of nitrogens with zero attached hydrogens (tertiary/aromatic N) is 1. The van der Waals surface area contributed by atoms with Crippen LogP contribution >= 0.6 is 0 Å². The number of hydrogen-bond donors (Lipinski definition) is 1. The second-order valence-corrected chi connectivity index (χ2v) is 7.68. The minimum Gasteiger partial charge on any atom is -0.380 e. The molecule has 0 fully saturated rings. The van der Waals surface area contributed by atoms with Gasteiger partial charge in [0.15, 0.2) is 0 Å². The van der Waals surface area contributed by atoms with Crippen LogP contribution in [0.3, 0.4) is 0 Å². The predicted octanol–water partition coefficient (Wildman–Crippen LogP) is 3.36. The number of pyridine rings is 1. The number of rotatable bonds is 5. The van der Waals surface area contributed by atoms with Crippen molar-refractivity contribution in [1.82, 2.24) is 9.88 Å². The molecule has 1 aromatic heterocycles. The molecule has 1 N–H and O–H groups in total. The molecule has 1 amide bonds. The van der Waals surface area contributed by atoms with Gasteiger partial charge in [0.1, 0.15) is 0 Å². The number of benzene rings is 2. The maximum absolute atomic E-state index is 13.4. The summed E-state index contributed by atoms with van der Waals surface area (Å²) < 4.78 is 7.22. The third-order valence-electron chi connectivity index (χ3n) is 5.76. The van der Waals surface area contributed by atoms with Crippen LogP contribution < -0.4 is 10.9 Å². The number of ether oxygens (including phenoxy) is 1. The molecule has 150 valence electrons. The number of carbonyl (C=O) groups excluding carboxylic acids is 1. The van der Waals surface area contributed by atoms with Crippen LogP contribution in [-0.2, 0) is 35.5 Å². The summed E-state index contributed by atoms with van der Waals surface area (Å²) in [5.74, 6) is -0.000576. The first-order chi connectivity index (χ1) is 14.0. The number of fused-ring (bicyclic) bond motifs is 4. The molecule has 0 bridgehead atoms. The maximum Gasteiger partial charge on any atom is 0.258 e. The fraction of sp³-hybridized carbons (Fsp3) is 0.333. The topological polar surface area (TPSA) is 60.3 Å². The van der Waals surface area contributed by atoms with E-state index in [1.807, 2.05) is 29.7 Å². The molecular weight excluding hydrogens is 364 g/mol. The summed E-state index contributed by atoms with van der Waals surface area (Å²) in [6.45, 7) is 3.18. The highest BCUT2D eigenvalue weighted by atomic mass is 16.5. The Kier molecular flexibility index (Phi) is 5.24. The average Bonchev–Trinajstić information content (AvgIpc) is 2.73. The molecular formula is C24H26N2O3. The molecule has 0 saturated heterocycles. The Morgan fingerprint density at radius 3 is 2.76 bits per heavy atom. The van der Waals surface area contributed by atoms with Gasteiger partial charge in [0, 0.05) is 38.1 Å². The van der Waals surface area contributed by atoms with Crippen LogP contribution in [0.1, 0.15) is 28.7 Å². The third kappa shape index (κ3) is 3.47. The average molecular weight is 390 g/mol. The molecule has 29 heavy (non-hydrogen) atoms. The number of nitrogens with one attached hydrogen (secondary N) is 1. The summed E-state index contributed by atoms with van der Waals surface area (Å²) in [6.07, 6.45) is 1.79. The van der Waals surface area contributed by atoms with E-state index in [2.05, 4.69) is 23.5 Å². The minimum atomic E-state index is -0.000576. The van der Waals surface area contributed by atoms with Crippen molar-refractivity contribution in [3.63, 3.8) is 0 Å². The zero-order valence-corrected chi connectivity index (χ0v) is 17.2. The van der Waals surface area contributed by atoms with Crippen molar-refractivity contribution in [2.75, 3.05) is 14.2 Å². The molecule has 1 aliphatic heterocycles. The molecule has 2 heterocycles. The van der Waals surface area contributed by atoms with Crippen LogP contribution in [0.5, 0.6) is 0 Å². The molecule has 0 aliphatic carbocycles. The standard InChI is InChI=1S/C24H26N2O3/c1-15-4-7-18-19(8-9-22(27)25-2)23-20-13-16(14-29-3)5-6-17(20)10-11-26(23)24(28)21(18)12-15/h4-7,12-13H,8-11,14H2,1-3H3,(H,25,27). The van der Waals surface area contributed by atoms with E-state index < -0.39 is 0 Å². The summed E-state index contributed by atoms with van der Waals surface area (Å²) in [4.78, 5) is 25.4. The summed E-state index contributed by atoms with van der Waals surface area (Å²) >= 11 is 0.